The molecule has 31 nitrogen and oxygen atoms in total. The number of fused-ring (bicyclic) bond motifs is 4. The number of ether oxygens (including phenoxy) is 12. The van der Waals surface area contributed by atoms with Crippen molar-refractivity contribution in [1.29, 1.82) is 0 Å². The third kappa shape index (κ3) is 25.0. The highest BCUT2D eigenvalue weighted by molar-refractivity contribution is 6.13. The van der Waals surface area contributed by atoms with Gasteiger partial charge in [-0.2, -0.15) is 0 Å². The lowest BCUT2D eigenvalue weighted by Crippen LogP contribution is -2.53. The van der Waals surface area contributed by atoms with E-state index in [9.17, 15) is 48.3 Å². The van der Waals surface area contributed by atoms with E-state index >= 15 is 0 Å². The summed E-state index contributed by atoms with van der Waals surface area (Å²) in [6, 6.07) is 10.3. The van der Waals surface area contributed by atoms with Crippen LogP contribution < -0.4 is 40.4 Å². The first-order valence-corrected chi connectivity index (χ1v) is 35.9. The van der Waals surface area contributed by atoms with Crippen molar-refractivity contribution in [2.75, 3.05) is 149 Å². The minimum Gasteiger partial charge on any atom is -0.493 e. The van der Waals surface area contributed by atoms with E-state index in [0.717, 1.165) is 33.8 Å². The van der Waals surface area contributed by atoms with E-state index in [4.69, 9.17) is 56.8 Å². The Bertz CT molecular complexity index is 3600. The summed E-state index contributed by atoms with van der Waals surface area (Å²) in [5, 5.41) is 22.8. The van der Waals surface area contributed by atoms with E-state index in [1.54, 1.807) is 79.7 Å². The van der Waals surface area contributed by atoms with E-state index in [1.165, 1.54) is 31.1 Å². The van der Waals surface area contributed by atoms with Gasteiger partial charge in [-0.1, -0.05) is 37.1 Å². The summed E-state index contributed by atoms with van der Waals surface area (Å²) in [5.74, 6) is -2.10. The molecular formula is C75H101N9O22. The Morgan fingerprint density at radius 3 is 1.74 bits per heavy atom. The lowest BCUT2D eigenvalue weighted by atomic mass is 10.0. The predicted octanol–water partition coefficient (Wildman–Crippen LogP) is 5.60. The van der Waals surface area contributed by atoms with Gasteiger partial charge in [-0.3, -0.25) is 48.2 Å². The molecule has 0 saturated heterocycles. The number of hydrogen-bond acceptors (Lipinski definition) is 23. The lowest BCUT2D eigenvalue weighted by Gasteiger charge is -2.31. The standard InChI is InChI=1S/C75H101N9O22/c1-49(2)69(80-66(86)18-23-96-25-27-98-29-31-100-33-35-102-37-38-103-36-34-101-32-30-99-28-26-97-24-19-76-65(85)17-20-81-67(87)15-16-68(81)88)71(90)78-53(6)70(89)79-55-13-11-54(12-14-55)48-106-75(94)84-60-44-62(52(5)41-58(60)73(92)83-47-51(4)40-61(83)74(84)93)104-21-9-8-10-22-105-64-43-59-57(42-63(64)95-7)72(91)82-46-50(3)39-56(82)45-77-59/h11-16,41-47,49,53,56,61,69,74,93H,8-10,17-40,48H2,1-7H3,(H,76,85)(H,78,90)(H,79,89)(H,80,86)/t53-,56-,61-,69-,74?/m0/s1. The number of aryl methyl sites for hydroxylation is 1. The smallest absolute Gasteiger partial charge is 0.416 e. The number of nitrogens with zero attached hydrogens (tertiary/aromatic N) is 5. The van der Waals surface area contributed by atoms with Crippen LogP contribution in [0.3, 0.4) is 0 Å². The number of imide groups is 1. The number of amides is 9. The fourth-order valence-corrected chi connectivity index (χ4v) is 11.8. The molecule has 5 aliphatic heterocycles. The Morgan fingerprint density at radius 1 is 0.585 bits per heavy atom. The number of nitrogens with one attached hydrogen (secondary N) is 4. The summed E-state index contributed by atoms with van der Waals surface area (Å²) in [5.41, 5.74) is 4.82. The number of anilines is 2. The highest BCUT2D eigenvalue weighted by Gasteiger charge is 2.45. The summed E-state index contributed by atoms with van der Waals surface area (Å²) in [4.78, 5) is 126. The molecule has 0 radical (unpaired) electrons. The van der Waals surface area contributed by atoms with Gasteiger partial charge in [0, 0.05) is 74.5 Å². The van der Waals surface area contributed by atoms with E-state index in [-0.39, 0.29) is 86.7 Å². The maximum atomic E-state index is 14.2. The highest BCUT2D eigenvalue weighted by Crippen LogP contribution is 2.41. The summed E-state index contributed by atoms with van der Waals surface area (Å²) in [7, 11) is 1.53. The molecule has 0 spiro atoms. The van der Waals surface area contributed by atoms with Crippen molar-refractivity contribution in [3.63, 3.8) is 0 Å². The molecule has 5 aliphatic rings. The van der Waals surface area contributed by atoms with Crippen LogP contribution in [0, 0.1) is 12.8 Å². The van der Waals surface area contributed by atoms with Gasteiger partial charge in [-0.15, -0.1) is 0 Å². The zero-order chi connectivity index (χ0) is 75.9. The molecule has 5 atom stereocenters. The van der Waals surface area contributed by atoms with Gasteiger partial charge in [-0.25, -0.2) is 9.69 Å². The molecule has 1 unspecified atom stereocenters. The van der Waals surface area contributed by atoms with Crippen LogP contribution in [-0.4, -0.2) is 249 Å². The van der Waals surface area contributed by atoms with Crippen molar-refractivity contribution in [3.05, 3.63) is 106 Å². The average molecular weight is 1480 g/mol. The molecule has 5 heterocycles. The van der Waals surface area contributed by atoms with Crippen molar-refractivity contribution < 1.29 is 105 Å². The van der Waals surface area contributed by atoms with Crippen LogP contribution >= 0.6 is 0 Å². The Balaban J connectivity index is 0.642. The van der Waals surface area contributed by atoms with E-state index in [2.05, 4.69) is 26.3 Å². The summed E-state index contributed by atoms with van der Waals surface area (Å²) in [6.45, 7) is 17.0. The quantitative estimate of drug-likeness (QED) is 0.0339. The molecule has 578 valence electrons. The number of benzene rings is 3. The van der Waals surface area contributed by atoms with Gasteiger partial charge >= 0.3 is 6.09 Å². The SMILES string of the molecule is COc1cc2c(cc1OCCCCCOc1cc3c(cc1C)C(=O)N1C=C(C)C[C@H]1C(O)N3C(=O)OCc1ccc(NC(=O)[C@H](C)NC(=O)[C@@H](NC(=O)CCOCCOCCOCCOCCOCCOCCOCCOCCNC(=O)CCN3C(=O)C=CC3=O)C(C)C)cc1)N=C[C@@H]1CC(C)=CN1C2=O. The van der Waals surface area contributed by atoms with Gasteiger partial charge in [0.25, 0.3) is 23.6 Å². The maximum absolute atomic E-state index is 14.2. The maximum Gasteiger partial charge on any atom is 0.416 e. The zero-order valence-electron chi connectivity index (χ0n) is 61.5. The van der Waals surface area contributed by atoms with Gasteiger partial charge in [0.2, 0.25) is 23.6 Å². The number of carbonyl (C=O) groups is 9. The number of rotatable bonds is 47. The van der Waals surface area contributed by atoms with E-state index in [0.29, 0.717) is 170 Å². The Hall–Kier alpha value is -9.18. The number of hydrogen-bond donors (Lipinski definition) is 5. The molecule has 5 N–H and O–H groups in total. The molecule has 8 rings (SSSR count). The molecule has 31 heteroatoms. The summed E-state index contributed by atoms with van der Waals surface area (Å²) in [6.07, 6.45) is 8.43. The fourth-order valence-electron chi connectivity index (χ4n) is 11.8. The van der Waals surface area contributed by atoms with Crippen LogP contribution in [0.25, 0.3) is 0 Å². The Morgan fingerprint density at radius 2 is 1.14 bits per heavy atom. The third-order valence-corrected chi connectivity index (χ3v) is 17.5. The molecule has 0 aliphatic carbocycles. The van der Waals surface area contributed by atoms with Gasteiger partial charge in [0.1, 0.15) is 24.4 Å². The number of aliphatic hydroxyl groups is 1. The van der Waals surface area contributed by atoms with Crippen molar-refractivity contribution in [2.45, 2.75) is 123 Å². The van der Waals surface area contributed by atoms with Crippen molar-refractivity contribution in [2.24, 2.45) is 10.9 Å². The second-order valence-corrected chi connectivity index (χ2v) is 26.1. The van der Waals surface area contributed by atoms with Crippen LogP contribution in [-0.2, 0) is 78.0 Å². The molecular weight excluding hydrogens is 1380 g/mol. The number of carbonyl (C=O) groups excluding carboxylic acids is 9. The van der Waals surface area contributed by atoms with Crippen molar-refractivity contribution >= 4 is 76.6 Å². The predicted molar refractivity (Wildman–Crippen MR) is 387 cm³/mol. The second-order valence-electron chi connectivity index (χ2n) is 26.1. The first kappa shape index (κ1) is 82.5. The van der Waals surface area contributed by atoms with Crippen LogP contribution in [0.2, 0.25) is 0 Å². The molecule has 0 saturated carbocycles. The highest BCUT2D eigenvalue weighted by atomic mass is 16.6. The van der Waals surface area contributed by atoms with E-state index < -0.39 is 60.0 Å². The fraction of sp³-hybridized carbons (Fsp3) is 0.547. The molecule has 0 fully saturated rings. The van der Waals surface area contributed by atoms with Crippen LogP contribution in [0.4, 0.5) is 21.9 Å². The third-order valence-electron chi connectivity index (χ3n) is 17.5. The van der Waals surface area contributed by atoms with Crippen molar-refractivity contribution in [1.82, 2.24) is 30.7 Å². The molecule has 3 aromatic rings. The minimum absolute atomic E-state index is 0.0107. The molecule has 3 aromatic carbocycles. The lowest BCUT2D eigenvalue weighted by molar-refractivity contribution is -0.137. The normalized spacial score (nSPS) is 17.1. The molecule has 0 bridgehead atoms. The number of unbranched alkanes of at least 4 members (excludes halogenated alkanes) is 2. The molecule has 106 heavy (non-hydrogen) atoms. The molecule has 9 amide bonds. The second kappa shape index (κ2) is 42.8. The van der Waals surface area contributed by atoms with Gasteiger partial charge in [-0.05, 0) is 101 Å². The number of aliphatic imine (C=N–C) groups is 1. The Kier molecular flexibility index (Phi) is 33.3. The van der Waals surface area contributed by atoms with Crippen LogP contribution in [0.1, 0.15) is 111 Å². The number of aliphatic hydroxyl groups excluding tert-OH is 1. The topological polar surface area (TPSA) is 358 Å². The summed E-state index contributed by atoms with van der Waals surface area (Å²) < 4.78 is 67.9. The zero-order valence-corrected chi connectivity index (χ0v) is 61.5. The van der Waals surface area contributed by atoms with Gasteiger partial charge < -0.3 is 93.0 Å². The monoisotopic (exact) mass is 1480 g/mol. The average Bonchev–Trinajstić information content (AvgIpc) is 1.59. The van der Waals surface area contributed by atoms with E-state index in [1.807, 2.05) is 27.0 Å². The number of methoxy groups -OCH3 is 1. The minimum atomic E-state index is -1.49. The Labute approximate surface area is 617 Å². The van der Waals surface area contributed by atoms with Crippen LogP contribution in [0.15, 0.2) is 89.2 Å². The van der Waals surface area contributed by atoms with Crippen molar-refractivity contribution in [3.8, 4) is 17.2 Å². The van der Waals surface area contributed by atoms with Crippen LogP contribution in [0.5, 0.6) is 17.2 Å². The largest absolute Gasteiger partial charge is 0.493 e. The van der Waals surface area contributed by atoms with Gasteiger partial charge in [0.15, 0.2) is 17.7 Å². The summed E-state index contributed by atoms with van der Waals surface area (Å²) >= 11 is 0. The van der Waals surface area contributed by atoms with Gasteiger partial charge in [0.05, 0.1) is 161 Å². The molecule has 0 aromatic heterocycles. The first-order chi connectivity index (χ1) is 51.2. The first-order valence-electron chi connectivity index (χ1n) is 35.9.